The maximum atomic E-state index is 12.7. The molecule has 8 heteroatoms. The number of amidine groups is 1. The van der Waals surface area contributed by atoms with Gasteiger partial charge in [0.15, 0.2) is 5.17 Å². The lowest BCUT2D eigenvalue weighted by Gasteiger charge is -2.33. The second-order valence-electron chi connectivity index (χ2n) is 6.92. The van der Waals surface area contributed by atoms with Crippen LogP contribution in [0.1, 0.15) is 31.0 Å². The molecular formula is C23H20Cl2N2O3S. The Labute approximate surface area is 195 Å². The Morgan fingerprint density at radius 3 is 2.68 bits per heavy atom. The highest BCUT2D eigenvalue weighted by Crippen LogP contribution is 2.41. The summed E-state index contributed by atoms with van der Waals surface area (Å²) >= 11 is 13.7. The van der Waals surface area contributed by atoms with E-state index in [0.717, 1.165) is 16.3 Å². The van der Waals surface area contributed by atoms with Crippen LogP contribution in [0.25, 0.3) is 0 Å². The number of thioether (sulfide) groups is 1. The summed E-state index contributed by atoms with van der Waals surface area (Å²) in [6, 6.07) is 12.7. The molecule has 2 heterocycles. The first-order valence-electron chi connectivity index (χ1n) is 9.73. The van der Waals surface area contributed by atoms with Crippen LogP contribution >= 0.6 is 35.0 Å². The van der Waals surface area contributed by atoms with Crippen LogP contribution in [0.2, 0.25) is 10.0 Å². The zero-order valence-electron chi connectivity index (χ0n) is 17.0. The van der Waals surface area contributed by atoms with Crippen molar-refractivity contribution in [3.63, 3.8) is 0 Å². The largest absolute Gasteiger partial charge is 0.489 e. The molecule has 5 nitrogen and oxygen atoms in total. The van der Waals surface area contributed by atoms with E-state index in [9.17, 15) is 4.79 Å². The maximum absolute atomic E-state index is 12.7. The van der Waals surface area contributed by atoms with Crippen LogP contribution in [0.15, 0.2) is 70.3 Å². The van der Waals surface area contributed by atoms with Gasteiger partial charge in [-0.15, -0.1) is 0 Å². The van der Waals surface area contributed by atoms with E-state index in [1.165, 1.54) is 11.8 Å². The monoisotopic (exact) mass is 474 g/mol. The number of aliphatic imine (C=N–C) groups is 1. The number of benzene rings is 2. The molecular weight excluding hydrogens is 455 g/mol. The molecule has 0 aliphatic carbocycles. The molecule has 2 aromatic carbocycles. The number of allylic oxidation sites excluding steroid dienone is 1. The SMILES string of the molecule is CCOC(=O)C1=C(C)N=C2SC=CN2[C@H]1c1ccc(OCc2ccc(Cl)cc2Cl)cc1. The predicted molar refractivity (Wildman–Crippen MR) is 125 cm³/mol. The predicted octanol–water partition coefficient (Wildman–Crippen LogP) is 6.34. The third kappa shape index (κ3) is 4.61. The number of esters is 1. The molecule has 1 atom stereocenters. The highest BCUT2D eigenvalue weighted by atomic mass is 35.5. The summed E-state index contributed by atoms with van der Waals surface area (Å²) in [5.41, 5.74) is 3.01. The van der Waals surface area contributed by atoms with Gasteiger partial charge >= 0.3 is 5.97 Å². The molecule has 0 unspecified atom stereocenters. The Bertz CT molecular complexity index is 1100. The smallest absolute Gasteiger partial charge is 0.338 e. The van der Waals surface area contributed by atoms with E-state index in [4.69, 9.17) is 32.7 Å². The van der Waals surface area contributed by atoms with E-state index >= 15 is 0 Å². The molecule has 160 valence electrons. The third-order valence-corrected chi connectivity index (χ3v) is 6.28. The zero-order valence-corrected chi connectivity index (χ0v) is 19.3. The molecule has 0 radical (unpaired) electrons. The van der Waals surface area contributed by atoms with Gasteiger partial charge in [0.05, 0.1) is 23.9 Å². The normalized spacial score (nSPS) is 17.5. The van der Waals surface area contributed by atoms with Crippen molar-refractivity contribution < 1.29 is 14.3 Å². The molecule has 0 bridgehead atoms. The third-order valence-electron chi connectivity index (χ3n) is 4.92. The average molecular weight is 475 g/mol. The van der Waals surface area contributed by atoms with Crippen LogP contribution in [-0.2, 0) is 16.1 Å². The van der Waals surface area contributed by atoms with Gasteiger partial charge in [0.1, 0.15) is 12.4 Å². The number of fused-ring (bicyclic) bond motifs is 1. The highest BCUT2D eigenvalue weighted by molar-refractivity contribution is 8.16. The van der Waals surface area contributed by atoms with E-state index in [1.807, 2.05) is 53.8 Å². The van der Waals surface area contributed by atoms with Crippen LogP contribution in [0.3, 0.4) is 0 Å². The number of hydrogen-bond donors (Lipinski definition) is 0. The molecule has 0 amide bonds. The lowest BCUT2D eigenvalue weighted by Crippen LogP contribution is -2.34. The molecule has 2 aliphatic rings. The first-order valence-corrected chi connectivity index (χ1v) is 11.4. The van der Waals surface area contributed by atoms with Crippen molar-refractivity contribution in [1.29, 1.82) is 0 Å². The fraction of sp³-hybridized carbons (Fsp3) is 0.217. The minimum atomic E-state index is -0.351. The van der Waals surface area contributed by atoms with Crippen LogP contribution in [-0.4, -0.2) is 22.6 Å². The molecule has 0 aromatic heterocycles. The van der Waals surface area contributed by atoms with Crippen LogP contribution < -0.4 is 4.74 Å². The number of hydrogen-bond acceptors (Lipinski definition) is 6. The van der Waals surface area contributed by atoms with E-state index in [0.29, 0.717) is 40.3 Å². The lowest BCUT2D eigenvalue weighted by atomic mass is 9.95. The minimum absolute atomic E-state index is 0.308. The fourth-order valence-electron chi connectivity index (χ4n) is 3.44. The van der Waals surface area contributed by atoms with Gasteiger partial charge in [-0.1, -0.05) is 53.2 Å². The topological polar surface area (TPSA) is 51.1 Å². The Morgan fingerprint density at radius 1 is 1.19 bits per heavy atom. The summed E-state index contributed by atoms with van der Waals surface area (Å²) in [5, 5.41) is 3.95. The fourth-order valence-corrected chi connectivity index (χ4v) is 4.70. The van der Waals surface area contributed by atoms with Crippen molar-refractivity contribution in [3.8, 4) is 5.75 Å². The number of rotatable bonds is 6. The van der Waals surface area contributed by atoms with Gasteiger partial charge in [0, 0.05) is 21.8 Å². The Hall–Kier alpha value is -2.41. The Kier molecular flexibility index (Phi) is 6.60. The molecule has 0 saturated heterocycles. The molecule has 4 rings (SSSR count). The molecule has 0 spiro atoms. The van der Waals surface area contributed by atoms with Crippen molar-refractivity contribution >= 4 is 46.1 Å². The zero-order chi connectivity index (χ0) is 22.0. The van der Waals surface area contributed by atoms with Gasteiger partial charge in [-0.25, -0.2) is 9.79 Å². The van der Waals surface area contributed by atoms with Gasteiger partial charge in [-0.2, -0.15) is 0 Å². The Morgan fingerprint density at radius 2 is 1.97 bits per heavy atom. The van der Waals surface area contributed by atoms with Gasteiger partial charge in [-0.05, 0) is 49.1 Å². The molecule has 0 fully saturated rings. The highest BCUT2D eigenvalue weighted by Gasteiger charge is 2.37. The summed E-state index contributed by atoms with van der Waals surface area (Å²) in [7, 11) is 0. The molecule has 2 aromatic rings. The van der Waals surface area contributed by atoms with Crippen molar-refractivity contribution in [2.75, 3.05) is 6.61 Å². The molecule has 0 saturated carbocycles. The van der Waals surface area contributed by atoms with Gasteiger partial charge in [-0.3, -0.25) is 0 Å². The number of nitrogens with zero attached hydrogens (tertiary/aromatic N) is 2. The summed E-state index contributed by atoms with van der Waals surface area (Å²) in [4.78, 5) is 19.3. The van der Waals surface area contributed by atoms with Gasteiger partial charge in [0.2, 0.25) is 0 Å². The lowest BCUT2D eigenvalue weighted by molar-refractivity contribution is -0.139. The number of carbonyl (C=O) groups is 1. The molecule has 31 heavy (non-hydrogen) atoms. The molecule has 2 aliphatic heterocycles. The summed E-state index contributed by atoms with van der Waals surface area (Å²) in [6.07, 6.45) is 1.94. The standard InChI is InChI=1S/C23H20Cl2N2O3S/c1-3-29-22(28)20-14(2)26-23-27(10-11-31-23)21(20)15-5-8-18(9-6-15)30-13-16-4-7-17(24)12-19(16)25/h4-12,21H,3,13H2,1-2H3/t21-/m0/s1. The quantitative estimate of drug-likeness (QED) is 0.457. The van der Waals surface area contributed by atoms with Crippen molar-refractivity contribution in [2.24, 2.45) is 4.99 Å². The van der Waals surface area contributed by atoms with Crippen LogP contribution in [0.5, 0.6) is 5.75 Å². The number of ether oxygens (including phenoxy) is 2. The van der Waals surface area contributed by atoms with Crippen molar-refractivity contribution in [3.05, 3.63) is 86.5 Å². The Balaban J connectivity index is 1.57. The second kappa shape index (κ2) is 9.39. The van der Waals surface area contributed by atoms with Gasteiger partial charge in [0.25, 0.3) is 0 Å². The maximum Gasteiger partial charge on any atom is 0.338 e. The van der Waals surface area contributed by atoms with Crippen molar-refractivity contribution in [1.82, 2.24) is 4.90 Å². The molecule has 0 N–H and O–H groups in total. The first-order chi connectivity index (χ1) is 15.0. The number of carbonyl (C=O) groups excluding carboxylic acids is 1. The van der Waals surface area contributed by atoms with Gasteiger partial charge < -0.3 is 14.4 Å². The van der Waals surface area contributed by atoms with E-state index in [2.05, 4.69) is 4.99 Å². The summed E-state index contributed by atoms with van der Waals surface area (Å²) < 4.78 is 11.2. The summed E-state index contributed by atoms with van der Waals surface area (Å²) in [5.74, 6) is 0.347. The summed E-state index contributed by atoms with van der Waals surface area (Å²) in [6.45, 7) is 4.28. The van der Waals surface area contributed by atoms with E-state index in [1.54, 1.807) is 19.1 Å². The second-order valence-corrected chi connectivity index (χ2v) is 8.64. The minimum Gasteiger partial charge on any atom is -0.489 e. The van der Waals surface area contributed by atoms with E-state index in [-0.39, 0.29) is 12.0 Å². The number of halogens is 2. The van der Waals surface area contributed by atoms with Crippen molar-refractivity contribution in [2.45, 2.75) is 26.5 Å². The average Bonchev–Trinajstić information content (AvgIpc) is 3.20. The van der Waals surface area contributed by atoms with Crippen LogP contribution in [0, 0.1) is 0 Å². The first kappa shape index (κ1) is 21.8. The van der Waals surface area contributed by atoms with E-state index < -0.39 is 0 Å². The van der Waals surface area contributed by atoms with Crippen LogP contribution in [0.4, 0.5) is 0 Å².